The van der Waals surface area contributed by atoms with Gasteiger partial charge in [-0.2, -0.15) is 0 Å². The van der Waals surface area contributed by atoms with Crippen molar-refractivity contribution < 1.29 is 9.59 Å². The molecule has 0 radical (unpaired) electrons. The Morgan fingerprint density at radius 1 is 0.413 bits per heavy atom. The summed E-state index contributed by atoms with van der Waals surface area (Å²) in [6, 6.07) is 49.0. The smallest absolute Gasteiger partial charge is 0.216 e. The Morgan fingerprint density at radius 2 is 0.761 bits per heavy atom. The second-order valence-electron chi connectivity index (χ2n) is 10.7. The summed E-state index contributed by atoms with van der Waals surface area (Å²) in [6.07, 6.45) is 2.10. The molecule has 226 valence electrons. The molecule has 0 bridgehead atoms. The first-order valence-corrected chi connectivity index (χ1v) is 17.9. The van der Waals surface area contributed by atoms with Crippen LogP contribution >= 0.6 is 46.8 Å². The molecule has 6 aromatic carbocycles. The molecule has 0 unspecified atom stereocenters. The number of carbonyl (C=O) groups is 2. The molecule has 0 N–H and O–H groups in total. The monoisotopic (exact) mass is 670 g/mol. The molecule has 8 rings (SSSR count). The molecule has 0 aliphatic heterocycles. The van der Waals surface area contributed by atoms with Gasteiger partial charge in [-0.1, -0.05) is 155 Å². The molecular formula is C40H30O2S4. The van der Waals surface area contributed by atoms with Crippen LogP contribution in [-0.2, 0) is 12.8 Å². The van der Waals surface area contributed by atoms with E-state index in [9.17, 15) is 9.59 Å². The van der Waals surface area contributed by atoms with E-state index in [0.717, 1.165) is 12.8 Å². The summed E-state index contributed by atoms with van der Waals surface area (Å²) in [5.74, 6) is 0. The number of thiol groups is 2. The molecule has 6 heteroatoms. The summed E-state index contributed by atoms with van der Waals surface area (Å²) in [5.41, 5.74) is 12.8. The zero-order chi connectivity index (χ0) is 31.9. The average Bonchev–Trinajstić information content (AvgIpc) is 3.68. The lowest BCUT2D eigenvalue weighted by Gasteiger charge is -2.10. The molecule has 6 aromatic rings. The van der Waals surface area contributed by atoms with Gasteiger partial charge < -0.3 is 0 Å². The fourth-order valence-electron chi connectivity index (χ4n) is 5.66. The summed E-state index contributed by atoms with van der Waals surface area (Å²) < 4.78 is 0. The van der Waals surface area contributed by atoms with E-state index in [2.05, 4.69) is 110 Å². The van der Waals surface area contributed by atoms with Crippen molar-refractivity contribution in [3.8, 4) is 22.3 Å². The maximum atomic E-state index is 10.5. The summed E-state index contributed by atoms with van der Waals surface area (Å²) in [4.78, 5) is 23.8. The first kappa shape index (κ1) is 32.0. The van der Waals surface area contributed by atoms with Crippen molar-refractivity contribution in [2.45, 2.75) is 22.6 Å². The molecule has 0 saturated carbocycles. The van der Waals surface area contributed by atoms with Crippen molar-refractivity contribution in [3.63, 3.8) is 0 Å². The fraction of sp³-hybridized carbons (Fsp3) is 0.0500. The molecule has 0 fully saturated rings. The first-order chi connectivity index (χ1) is 22.5. The van der Waals surface area contributed by atoms with Crippen LogP contribution in [-0.4, -0.2) is 10.2 Å². The van der Waals surface area contributed by atoms with E-state index in [4.69, 9.17) is 0 Å². The third-order valence-electron chi connectivity index (χ3n) is 7.88. The van der Waals surface area contributed by atoms with Crippen LogP contribution in [0, 0.1) is 0 Å². The number of hydrogen-bond acceptors (Lipinski definition) is 4. The molecule has 0 atom stereocenters. The van der Waals surface area contributed by atoms with Gasteiger partial charge in [0.05, 0.1) is 0 Å². The van der Waals surface area contributed by atoms with E-state index >= 15 is 0 Å². The van der Waals surface area contributed by atoms with E-state index in [1.54, 1.807) is 24.3 Å². The second-order valence-corrected chi connectivity index (χ2v) is 13.8. The summed E-state index contributed by atoms with van der Waals surface area (Å²) in [6.45, 7) is 0. The van der Waals surface area contributed by atoms with Crippen LogP contribution in [0.15, 0.2) is 155 Å². The summed E-state index contributed by atoms with van der Waals surface area (Å²) in [7, 11) is 3.82. The second kappa shape index (κ2) is 15.1. The van der Waals surface area contributed by atoms with Gasteiger partial charge in [-0.15, -0.1) is 25.3 Å². The molecule has 2 nitrogen and oxygen atoms in total. The molecule has 2 aliphatic carbocycles. The lowest BCUT2D eigenvalue weighted by atomic mass is 10.1. The van der Waals surface area contributed by atoms with Gasteiger partial charge in [0.25, 0.3) is 0 Å². The van der Waals surface area contributed by atoms with Crippen LogP contribution in [0.4, 0.5) is 0 Å². The highest BCUT2D eigenvalue weighted by molar-refractivity contribution is 8.76. The number of rotatable bonds is 5. The minimum Gasteiger partial charge on any atom is -0.282 e. The van der Waals surface area contributed by atoms with E-state index < -0.39 is 0 Å². The Balaban J connectivity index is 0.000000169. The van der Waals surface area contributed by atoms with Crippen LogP contribution in [0.25, 0.3) is 22.3 Å². The largest absolute Gasteiger partial charge is 0.282 e. The maximum absolute atomic E-state index is 10.5. The first-order valence-electron chi connectivity index (χ1n) is 14.8. The molecular weight excluding hydrogens is 641 g/mol. The zero-order valence-electron chi connectivity index (χ0n) is 24.8. The molecule has 0 heterocycles. The van der Waals surface area contributed by atoms with Gasteiger partial charge in [0, 0.05) is 20.9 Å². The fourth-order valence-corrected chi connectivity index (χ4v) is 8.45. The molecule has 0 amide bonds. The van der Waals surface area contributed by atoms with Crippen molar-refractivity contribution in [2.75, 3.05) is 0 Å². The molecule has 0 spiro atoms. The van der Waals surface area contributed by atoms with Gasteiger partial charge in [0.2, 0.25) is 10.2 Å². The van der Waals surface area contributed by atoms with Crippen molar-refractivity contribution >= 4 is 57.1 Å². The molecule has 0 saturated heterocycles. The van der Waals surface area contributed by atoms with Crippen molar-refractivity contribution in [2.24, 2.45) is 0 Å². The third-order valence-corrected chi connectivity index (χ3v) is 10.9. The number of carbonyl (C=O) groups excluding carboxylic acids is 2. The SMILES string of the molecule is O=C(S)c1ccccc1.O=C(S)c1ccccc1.c1ccc2c(c1)Cc1c(SSc3cccc4c3Cc3ccccc3-4)cccc1-2. The number of hydrogen-bond donors (Lipinski definition) is 2. The Hall–Kier alpha value is -3.94. The minimum absolute atomic E-state index is 0.185. The van der Waals surface area contributed by atoms with Gasteiger partial charge in [-0.3, -0.25) is 9.59 Å². The van der Waals surface area contributed by atoms with Gasteiger partial charge in [-0.05, 0) is 69.5 Å². The predicted molar refractivity (Wildman–Crippen MR) is 201 cm³/mol. The standard InChI is InChI=1S/C26H18S2.2C7H6OS/c1-3-9-19-17(7-1)15-23-21(19)11-5-13-25(23)27-28-26-14-6-12-22-20-10-4-2-8-18(20)16-24(22)26;2*8-7(9)6-4-2-1-3-5-6/h1-14H,15-16H2;2*1-5H,(H,8,9). The number of benzene rings is 6. The van der Waals surface area contributed by atoms with Crippen LogP contribution in [0.2, 0.25) is 0 Å². The Morgan fingerprint density at radius 3 is 1.13 bits per heavy atom. The molecule has 46 heavy (non-hydrogen) atoms. The van der Waals surface area contributed by atoms with Crippen LogP contribution in [0.1, 0.15) is 43.0 Å². The lowest BCUT2D eigenvalue weighted by molar-refractivity contribution is 0.108. The zero-order valence-corrected chi connectivity index (χ0v) is 28.2. The normalized spacial score (nSPS) is 11.4. The predicted octanol–water partition coefficient (Wildman–Crippen LogP) is 11.1. The maximum Gasteiger partial charge on any atom is 0.216 e. The Bertz CT molecular complexity index is 1860. The number of fused-ring (bicyclic) bond motifs is 6. The quantitative estimate of drug-likeness (QED) is 0.141. The highest BCUT2D eigenvalue weighted by Gasteiger charge is 2.23. The molecule has 2 aliphatic rings. The van der Waals surface area contributed by atoms with Crippen molar-refractivity contribution in [3.05, 3.63) is 179 Å². The van der Waals surface area contributed by atoms with E-state index in [-0.39, 0.29) is 10.2 Å². The van der Waals surface area contributed by atoms with Crippen LogP contribution in [0.3, 0.4) is 0 Å². The Kier molecular flexibility index (Phi) is 10.5. The van der Waals surface area contributed by atoms with E-state index in [1.807, 2.05) is 58.0 Å². The summed E-state index contributed by atoms with van der Waals surface area (Å²) >= 11 is 7.30. The van der Waals surface area contributed by atoms with Crippen molar-refractivity contribution in [1.29, 1.82) is 0 Å². The van der Waals surface area contributed by atoms with Gasteiger partial charge in [0.15, 0.2) is 0 Å². The summed E-state index contributed by atoms with van der Waals surface area (Å²) in [5, 5.41) is -0.369. The lowest BCUT2D eigenvalue weighted by Crippen LogP contribution is -1.86. The topological polar surface area (TPSA) is 34.1 Å². The van der Waals surface area contributed by atoms with Gasteiger partial charge in [0.1, 0.15) is 0 Å². The van der Waals surface area contributed by atoms with Crippen LogP contribution in [0.5, 0.6) is 0 Å². The highest BCUT2D eigenvalue weighted by atomic mass is 33.1. The third kappa shape index (κ3) is 7.37. The van der Waals surface area contributed by atoms with E-state index in [0.29, 0.717) is 11.1 Å². The highest BCUT2D eigenvalue weighted by Crippen LogP contribution is 2.49. The van der Waals surface area contributed by atoms with Gasteiger partial charge >= 0.3 is 0 Å². The van der Waals surface area contributed by atoms with E-state index in [1.165, 1.54) is 54.3 Å². The van der Waals surface area contributed by atoms with Crippen LogP contribution < -0.4 is 0 Å². The minimum atomic E-state index is -0.185. The van der Waals surface area contributed by atoms with Crippen molar-refractivity contribution in [1.82, 2.24) is 0 Å². The Labute approximate surface area is 288 Å². The van der Waals surface area contributed by atoms with Gasteiger partial charge in [-0.25, -0.2) is 0 Å². The average molecular weight is 671 g/mol. The molecule has 0 aromatic heterocycles.